The summed E-state index contributed by atoms with van der Waals surface area (Å²) in [5.74, 6) is -0.0469. The number of carbonyl (C=O) groups excluding carboxylic acids is 1. The van der Waals surface area contributed by atoms with E-state index < -0.39 is 5.97 Å². The van der Waals surface area contributed by atoms with Gasteiger partial charge >= 0.3 is 5.97 Å². The molecule has 0 bridgehead atoms. The minimum Gasteiger partial charge on any atom is -0.497 e. The molecule has 0 amide bonds. The van der Waals surface area contributed by atoms with Crippen molar-refractivity contribution in [3.63, 3.8) is 0 Å². The van der Waals surface area contributed by atoms with Gasteiger partial charge in [0.2, 0.25) is 0 Å². The summed E-state index contributed by atoms with van der Waals surface area (Å²) in [5.41, 5.74) is 6.86. The number of benzene rings is 2. The van der Waals surface area contributed by atoms with Crippen LogP contribution in [0.4, 0.5) is 5.69 Å². The molecule has 4 nitrogen and oxygen atoms in total. The number of nitrogens with two attached hydrogens (primary N) is 1. The van der Waals surface area contributed by atoms with E-state index in [1.54, 1.807) is 30.3 Å². The van der Waals surface area contributed by atoms with Gasteiger partial charge in [-0.1, -0.05) is 29.3 Å². The van der Waals surface area contributed by atoms with Gasteiger partial charge in [-0.25, -0.2) is 4.79 Å². The smallest absolute Gasteiger partial charge is 0.340 e. The van der Waals surface area contributed by atoms with E-state index in [4.69, 9.17) is 38.4 Å². The molecule has 110 valence electrons. The Balaban J connectivity index is 2.15. The normalized spacial score (nSPS) is 10.2. The third-order valence-corrected chi connectivity index (χ3v) is 3.60. The van der Waals surface area contributed by atoms with E-state index in [-0.39, 0.29) is 12.2 Å². The van der Waals surface area contributed by atoms with Crippen LogP contribution in [0.3, 0.4) is 0 Å². The maximum absolute atomic E-state index is 12.1. The molecule has 0 aliphatic rings. The van der Waals surface area contributed by atoms with Gasteiger partial charge in [0, 0.05) is 21.3 Å². The van der Waals surface area contributed by atoms with Gasteiger partial charge in [-0.05, 0) is 30.3 Å². The van der Waals surface area contributed by atoms with E-state index in [2.05, 4.69) is 0 Å². The van der Waals surface area contributed by atoms with Crippen molar-refractivity contribution in [2.45, 2.75) is 6.61 Å². The Labute approximate surface area is 132 Å². The van der Waals surface area contributed by atoms with Crippen LogP contribution >= 0.6 is 23.2 Å². The van der Waals surface area contributed by atoms with Crippen LogP contribution in [-0.2, 0) is 11.3 Å². The average molecular weight is 326 g/mol. The van der Waals surface area contributed by atoms with Gasteiger partial charge in [0.05, 0.1) is 12.7 Å². The van der Waals surface area contributed by atoms with Crippen molar-refractivity contribution >= 4 is 34.9 Å². The highest BCUT2D eigenvalue weighted by atomic mass is 35.5. The molecule has 0 heterocycles. The lowest BCUT2D eigenvalue weighted by Crippen LogP contribution is -2.09. The molecule has 0 unspecified atom stereocenters. The summed E-state index contributed by atoms with van der Waals surface area (Å²) in [6.45, 7) is -0.0337. The number of esters is 1. The zero-order chi connectivity index (χ0) is 15.4. The zero-order valence-electron chi connectivity index (χ0n) is 11.2. The van der Waals surface area contributed by atoms with E-state index >= 15 is 0 Å². The number of anilines is 1. The Kier molecular flexibility index (Phi) is 4.94. The summed E-state index contributed by atoms with van der Waals surface area (Å²) in [7, 11) is 1.50. The minimum atomic E-state index is -0.567. The van der Waals surface area contributed by atoms with Crippen LogP contribution in [-0.4, -0.2) is 13.1 Å². The number of hydrogen-bond acceptors (Lipinski definition) is 4. The quantitative estimate of drug-likeness (QED) is 0.683. The van der Waals surface area contributed by atoms with Crippen LogP contribution < -0.4 is 10.5 Å². The first-order chi connectivity index (χ1) is 10.0. The van der Waals surface area contributed by atoms with Gasteiger partial charge in [-0.15, -0.1) is 0 Å². The van der Waals surface area contributed by atoms with Crippen LogP contribution in [0.25, 0.3) is 0 Å². The number of methoxy groups -OCH3 is 1. The third kappa shape index (κ3) is 3.60. The lowest BCUT2D eigenvalue weighted by molar-refractivity contribution is 0.0474. The van der Waals surface area contributed by atoms with Gasteiger partial charge in [-0.3, -0.25) is 0 Å². The lowest BCUT2D eigenvalue weighted by Gasteiger charge is -2.10. The number of ether oxygens (including phenoxy) is 2. The second-order valence-corrected chi connectivity index (χ2v) is 5.04. The molecule has 0 saturated heterocycles. The van der Waals surface area contributed by atoms with Gasteiger partial charge in [0.1, 0.15) is 12.4 Å². The average Bonchev–Trinajstić information content (AvgIpc) is 2.47. The Hall–Kier alpha value is -1.91. The second kappa shape index (κ2) is 6.70. The zero-order valence-corrected chi connectivity index (χ0v) is 12.7. The fourth-order valence-corrected chi connectivity index (χ4v) is 2.23. The predicted octanol–water partition coefficient (Wildman–Crippen LogP) is 3.94. The summed E-state index contributed by atoms with van der Waals surface area (Å²) in [4.78, 5) is 12.1. The molecule has 21 heavy (non-hydrogen) atoms. The molecule has 0 atom stereocenters. The molecule has 2 aromatic rings. The van der Waals surface area contributed by atoms with Gasteiger partial charge in [0.25, 0.3) is 0 Å². The highest BCUT2D eigenvalue weighted by Crippen LogP contribution is 2.26. The number of hydrogen-bond donors (Lipinski definition) is 1. The van der Waals surface area contributed by atoms with Crippen LogP contribution in [0, 0.1) is 0 Å². The lowest BCUT2D eigenvalue weighted by atomic mass is 10.1. The number of carbonyl (C=O) groups is 1. The first kappa shape index (κ1) is 15.5. The molecule has 0 fully saturated rings. The number of rotatable bonds is 4. The van der Waals surface area contributed by atoms with E-state index in [1.165, 1.54) is 13.2 Å². The second-order valence-electron chi connectivity index (χ2n) is 4.23. The number of halogens is 2. The molecule has 0 saturated carbocycles. The van der Waals surface area contributed by atoms with Crippen LogP contribution in [0.15, 0.2) is 36.4 Å². The predicted molar refractivity (Wildman–Crippen MR) is 83.0 cm³/mol. The Morgan fingerprint density at radius 1 is 1.19 bits per heavy atom. The van der Waals surface area contributed by atoms with E-state index in [0.717, 1.165) is 0 Å². The van der Waals surface area contributed by atoms with E-state index in [0.29, 0.717) is 27.0 Å². The molecule has 2 rings (SSSR count). The molecule has 0 aromatic heterocycles. The monoisotopic (exact) mass is 325 g/mol. The maximum Gasteiger partial charge on any atom is 0.340 e. The third-order valence-electron chi connectivity index (χ3n) is 2.89. The van der Waals surface area contributed by atoms with Crippen molar-refractivity contribution in [2.24, 2.45) is 0 Å². The number of nitrogen functional groups attached to an aromatic ring is 1. The van der Waals surface area contributed by atoms with Crippen molar-refractivity contribution in [1.29, 1.82) is 0 Å². The fraction of sp³-hybridized carbons (Fsp3) is 0.133. The first-order valence-corrected chi connectivity index (χ1v) is 6.82. The molecular formula is C15H13Cl2NO3. The molecule has 0 radical (unpaired) electrons. The molecule has 6 heteroatoms. The first-order valence-electron chi connectivity index (χ1n) is 6.06. The highest BCUT2D eigenvalue weighted by Gasteiger charge is 2.14. The van der Waals surface area contributed by atoms with Crippen molar-refractivity contribution in [3.8, 4) is 5.75 Å². The van der Waals surface area contributed by atoms with Crippen molar-refractivity contribution in [1.82, 2.24) is 0 Å². The van der Waals surface area contributed by atoms with Crippen molar-refractivity contribution < 1.29 is 14.3 Å². The SMILES string of the molecule is COc1ccc(N)c(C(=O)OCc2c(Cl)cccc2Cl)c1. The molecule has 2 aromatic carbocycles. The van der Waals surface area contributed by atoms with Gasteiger partial charge in [0.15, 0.2) is 0 Å². The molecular weight excluding hydrogens is 313 g/mol. The van der Waals surface area contributed by atoms with Crippen LogP contribution in [0.2, 0.25) is 10.0 Å². The molecule has 0 spiro atoms. The molecule has 0 aliphatic carbocycles. The summed E-state index contributed by atoms with van der Waals surface area (Å²) in [6, 6.07) is 9.84. The van der Waals surface area contributed by atoms with Crippen molar-refractivity contribution in [2.75, 3.05) is 12.8 Å². The van der Waals surface area contributed by atoms with Crippen LogP contribution in [0.1, 0.15) is 15.9 Å². The highest BCUT2D eigenvalue weighted by molar-refractivity contribution is 6.35. The van der Waals surface area contributed by atoms with E-state index in [1.807, 2.05) is 0 Å². The minimum absolute atomic E-state index is 0.0337. The largest absolute Gasteiger partial charge is 0.497 e. The standard InChI is InChI=1S/C15H13Cl2NO3/c1-20-9-5-6-14(18)10(7-9)15(19)21-8-11-12(16)3-2-4-13(11)17/h2-7H,8,18H2,1H3. The Morgan fingerprint density at radius 3 is 2.48 bits per heavy atom. The molecule has 0 aliphatic heterocycles. The van der Waals surface area contributed by atoms with Gasteiger partial charge in [-0.2, -0.15) is 0 Å². The Bertz CT molecular complexity index is 654. The summed E-state index contributed by atoms with van der Waals surface area (Å²) >= 11 is 12.0. The van der Waals surface area contributed by atoms with Gasteiger partial charge < -0.3 is 15.2 Å². The Morgan fingerprint density at radius 2 is 1.86 bits per heavy atom. The van der Waals surface area contributed by atoms with E-state index in [9.17, 15) is 4.79 Å². The molecule has 2 N–H and O–H groups in total. The fourth-order valence-electron chi connectivity index (χ4n) is 1.72. The summed E-state index contributed by atoms with van der Waals surface area (Å²) in [6.07, 6.45) is 0. The summed E-state index contributed by atoms with van der Waals surface area (Å²) < 4.78 is 10.3. The topological polar surface area (TPSA) is 61.5 Å². The van der Waals surface area contributed by atoms with Crippen LogP contribution in [0.5, 0.6) is 5.75 Å². The summed E-state index contributed by atoms with van der Waals surface area (Å²) in [5, 5.41) is 0.878. The van der Waals surface area contributed by atoms with Crippen molar-refractivity contribution in [3.05, 3.63) is 57.6 Å². The maximum atomic E-state index is 12.1.